The molecule has 1 rings (SSSR count). The average molecular weight is 306 g/mol. The van der Waals surface area contributed by atoms with Gasteiger partial charge in [-0.25, -0.2) is 12.8 Å². The third-order valence-electron chi connectivity index (χ3n) is 2.73. The Bertz CT molecular complexity index is 485. The third-order valence-corrected chi connectivity index (χ3v) is 5.73. The van der Waals surface area contributed by atoms with Crippen LogP contribution in [-0.2, 0) is 14.6 Å². The molecule has 3 nitrogen and oxygen atoms in total. The fourth-order valence-corrected chi connectivity index (χ4v) is 4.01. The van der Waals surface area contributed by atoms with Crippen molar-refractivity contribution in [2.45, 2.75) is 29.5 Å². The topological polar surface area (TPSA) is 43.4 Å². The molecule has 0 spiro atoms. The lowest BCUT2D eigenvalue weighted by Gasteiger charge is -2.19. The van der Waals surface area contributed by atoms with Gasteiger partial charge in [-0.15, -0.1) is 0 Å². The van der Waals surface area contributed by atoms with Crippen molar-refractivity contribution in [2.75, 3.05) is 19.5 Å². The van der Waals surface area contributed by atoms with E-state index in [4.69, 9.17) is 4.74 Å². The van der Waals surface area contributed by atoms with Crippen LogP contribution in [0.3, 0.4) is 0 Å². The van der Waals surface area contributed by atoms with Crippen LogP contribution in [0.1, 0.15) is 12.5 Å². The van der Waals surface area contributed by atoms with Gasteiger partial charge in [0.05, 0.1) is 16.8 Å². The first-order valence-corrected chi connectivity index (χ1v) is 8.82. The second kappa shape index (κ2) is 7.26. The molecule has 108 valence electrons. The van der Waals surface area contributed by atoms with Crippen LogP contribution in [0.25, 0.3) is 0 Å². The first-order valence-electron chi connectivity index (χ1n) is 5.98. The summed E-state index contributed by atoms with van der Waals surface area (Å²) in [5, 5.41) is -0.716. The van der Waals surface area contributed by atoms with Crippen LogP contribution >= 0.6 is 11.8 Å². The molecule has 0 heterocycles. The average Bonchev–Trinajstić information content (AvgIpc) is 2.39. The summed E-state index contributed by atoms with van der Waals surface area (Å²) in [7, 11) is -3.96. The van der Waals surface area contributed by atoms with Gasteiger partial charge in [0.2, 0.25) is 15.3 Å². The minimum atomic E-state index is -3.96. The Morgan fingerprint density at radius 2 is 1.89 bits per heavy atom. The Hall–Kier alpha value is -0.590. The Labute approximate surface area is 118 Å². The van der Waals surface area contributed by atoms with E-state index < -0.39 is 20.6 Å². The highest BCUT2D eigenvalue weighted by atomic mass is 32.2. The van der Waals surface area contributed by atoms with Gasteiger partial charge in [0.25, 0.3) is 0 Å². The summed E-state index contributed by atoms with van der Waals surface area (Å²) in [6, 6.07) is 6.21. The van der Waals surface area contributed by atoms with Crippen molar-refractivity contribution in [3.63, 3.8) is 0 Å². The largest absolute Gasteiger partial charge is 0.380 e. The van der Waals surface area contributed by atoms with Gasteiger partial charge in [-0.2, -0.15) is 11.8 Å². The number of benzene rings is 1. The van der Waals surface area contributed by atoms with Crippen LogP contribution in [0, 0.1) is 6.92 Å². The lowest BCUT2D eigenvalue weighted by atomic mass is 10.2. The molecule has 2 unspecified atom stereocenters. The van der Waals surface area contributed by atoms with Crippen molar-refractivity contribution in [3.05, 3.63) is 29.8 Å². The molecule has 0 saturated carbocycles. The van der Waals surface area contributed by atoms with Crippen LogP contribution in [0.5, 0.6) is 0 Å². The van der Waals surface area contributed by atoms with E-state index in [0.717, 1.165) is 17.3 Å². The smallest absolute Gasteiger partial charge is 0.219 e. The minimum Gasteiger partial charge on any atom is -0.380 e. The number of alkyl halides is 1. The monoisotopic (exact) mass is 306 g/mol. The predicted octanol–water partition coefficient (Wildman–Crippen LogP) is 2.83. The third kappa shape index (κ3) is 4.19. The van der Waals surface area contributed by atoms with Crippen molar-refractivity contribution in [2.24, 2.45) is 0 Å². The normalized spacial score (nSPS) is 15.2. The summed E-state index contributed by atoms with van der Waals surface area (Å²) in [6.07, 6.45) is 1.68. The van der Waals surface area contributed by atoms with Crippen molar-refractivity contribution >= 4 is 21.6 Å². The SMILES string of the molecule is CCOCC(SC)C(F)S(=O)(=O)c1ccc(C)cc1. The summed E-state index contributed by atoms with van der Waals surface area (Å²) in [6.45, 7) is 4.17. The number of aryl methyl sites for hydroxylation is 1. The van der Waals surface area contributed by atoms with Gasteiger partial charge < -0.3 is 4.74 Å². The van der Waals surface area contributed by atoms with Gasteiger partial charge in [-0.1, -0.05) is 17.7 Å². The first-order chi connectivity index (χ1) is 8.93. The molecule has 0 aliphatic rings. The summed E-state index contributed by atoms with van der Waals surface area (Å²) < 4.78 is 43.7. The highest BCUT2D eigenvalue weighted by Crippen LogP contribution is 2.25. The predicted molar refractivity (Wildman–Crippen MR) is 77.1 cm³/mol. The molecule has 1 aromatic rings. The maximum absolute atomic E-state index is 14.3. The fourth-order valence-electron chi connectivity index (χ4n) is 1.54. The summed E-state index contributed by atoms with van der Waals surface area (Å²) >= 11 is 1.16. The first kappa shape index (κ1) is 16.5. The quantitative estimate of drug-likeness (QED) is 0.777. The number of hydrogen-bond donors (Lipinski definition) is 0. The number of rotatable bonds is 7. The van der Waals surface area contributed by atoms with E-state index in [9.17, 15) is 12.8 Å². The van der Waals surface area contributed by atoms with Crippen molar-refractivity contribution in [3.8, 4) is 0 Å². The molecule has 2 atom stereocenters. The van der Waals surface area contributed by atoms with Crippen molar-refractivity contribution in [1.82, 2.24) is 0 Å². The maximum atomic E-state index is 14.3. The van der Waals surface area contributed by atoms with E-state index in [1.54, 1.807) is 25.3 Å². The van der Waals surface area contributed by atoms with Crippen LogP contribution in [0.4, 0.5) is 4.39 Å². The molecule has 0 N–H and O–H groups in total. The number of thioether (sulfide) groups is 1. The summed E-state index contributed by atoms with van der Waals surface area (Å²) in [4.78, 5) is 0.0150. The maximum Gasteiger partial charge on any atom is 0.219 e. The molecule has 0 aromatic heterocycles. The number of hydrogen-bond acceptors (Lipinski definition) is 4. The van der Waals surface area contributed by atoms with E-state index in [-0.39, 0.29) is 11.5 Å². The molecule has 0 aliphatic heterocycles. The van der Waals surface area contributed by atoms with Crippen molar-refractivity contribution in [1.29, 1.82) is 0 Å². The Morgan fingerprint density at radius 1 is 1.32 bits per heavy atom. The highest BCUT2D eigenvalue weighted by molar-refractivity contribution is 8.00. The molecule has 1 aromatic carbocycles. The highest BCUT2D eigenvalue weighted by Gasteiger charge is 2.34. The van der Waals surface area contributed by atoms with Gasteiger partial charge in [0.1, 0.15) is 0 Å². The molecule has 6 heteroatoms. The zero-order valence-electron chi connectivity index (χ0n) is 11.3. The molecule has 0 amide bonds. The zero-order valence-corrected chi connectivity index (χ0v) is 12.9. The van der Waals surface area contributed by atoms with Gasteiger partial charge in [-0.05, 0) is 32.2 Å². The van der Waals surface area contributed by atoms with E-state index in [1.807, 2.05) is 6.92 Å². The zero-order chi connectivity index (χ0) is 14.5. The van der Waals surface area contributed by atoms with Crippen LogP contribution in [-0.4, -0.2) is 38.6 Å². The molecule has 0 fully saturated rings. The second-order valence-corrected chi connectivity index (χ2v) is 7.23. The lowest BCUT2D eigenvalue weighted by molar-refractivity contribution is 0.138. The number of sulfone groups is 1. The standard InChI is InChI=1S/C13H19FO3S2/c1-4-17-9-12(18-3)13(14)19(15,16)11-7-5-10(2)6-8-11/h5-8,12-13H,4,9H2,1-3H3. The number of halogens is 1. The van der Waals surface area contributed by atoms with Crippen LogP contribution in [0.2, 0.25) is 0 Å². The van der Waals surface area contributed by atoms with E-state index in [0.29, 0.717) is 6.61 Å². The van der Waals surface area contributed by atoms with Gasteiger partial charge >= 0.3 is 0 Å². The number of ether oxygens (including phenoxy) is 1. The molecule has 0 radical (unpaired) electrons. The minimum absolute atomic E-state index is 0.0150. The Balaban J connectivity index is 2.94. The van der Waals surface area contributed by atoms with E-state index >= 15 is 0 Å². The lowest BCUT2D eigenvalue weighted by Crippen LogP contribution is -2.31. The Morgan fingerprint density at radius 3 is 2.37 bits per heavy atom. The van der Waals surface area contributed by atoms with Crippen LogP contribution in [0.15, 0.2) is 29.2 Å². The molecule has 0 saturated heterocycles. The molecule has 0 aliphatic carbocycles. The van der Waals surface area contributed by atoms with Gasteiger partial charge in [0, 0.05) is 6.61 Å². The summed E-state index contributed by atoms with van der Waals surface area (Å²) in [5.41, 5.74) is -1.03. The van der Waals surface area contributed by atoms with Gasteiger partial charge in [-0.3, -0.25) is 0 Å². The second-order valence-electron chi connectivity index (χ2n) is 4.14. The molecular weight excluding hydrogens is 287 g/mol. The van der Waals surface area contributed by atoms with E-state index in [1.165, 1.54) is 12.1 Å². The Kier molecular flexibility index (Phi) is 6.29. The molecule has 19 heavy (non-hydrogen) atoms. The molecular formula is C13H19FO3S2. The van der Waals surface area contributed by atoms with Crippen LogP contribution < -0.4 is 0 Å². The van der Waals surface area contributed by atoms with Gasteiger partial charge in [0.15, 0.2) is 0 Å². The van der Waals surface area contributed by atoms with E-state index in [2.05, 4.69) is 0 Å². The molecule has 0 bridgehead atoms. The fraction of sp³-hybridized carbons (Fsp3) is 0.538. The van der Waals surface area contributed by atoms with Crippen molar-refractivity contribution < 1.29 is 17.5 Å². The summed E-state index contributed by atoms with van der Waals surface area (Å²) in [5.74, 6) is 0.